The zero-order valence-electron chi connectivity index (χ0n) is 15.2. The highest BCUT2D eigenvalue weighted by atomic mass is 16.2. The highest BCUT2D eigenvalue weighted by Crippen LogP contribution is 2.30. The third-order valence-corrected chi connectivity index (χ3v) is 5.01. The summed E-state index contributed by atoms with van der Waals surface area (Å²) in [7, 11) is 3.51. The van der Waals surface area contributed by atoms with Gasteiger partial charge in [-0.25, -0.2) is 0 Å². The number of hydrogen-bond acceptors (Lipinski definition) is 2. The second kappa shape index (κ2) is 6.48. The van der Waals surface area contributed by atoms with Gasteiger partial charge in [-0.2, -0.15) is 0 Å². The van der Waals surface area contributed by atoms with Crippen LogP contribution in [0, 0.1) is 5.92 Å². The summed E-state index contributed by atoms with van der Waals surface area (Å²) in [6, 6.07) is 9.69. The minimum atomic E-state index is -0.00246. The Hall–Kier alpha value is -2.82. The van der Waals surface area contributed by atoms with Crippen LogP contribution in [-0.2, 0) is 13.0 Å². The van der Waals surface area contributed by atoms with Gasteiger partial charge in [0.1, 0.15) is 5.52 Å². The number of rotatable bonds is 5. The molecule has 1 amide bonds. The maximum Gasteiger partial charge on any atom is 0.274 e. The Bertz CT molecular complexity index is 1030. The molecule has 26 heavy (non-hydrogen) atoms. The van der Waals surface area contributed by atoms with Crippen LogP contribution in [0.25, 0.3) is 10.9 Å². The smallest absolute Gasteiger partial charge is 0.274 e. The standard InChI is InChI=1S/C21H23N3O2/c1-23(2)20(25)16-5-3-4-15(10-16)11-17-13-24(12-14-6-7-14)21(26)19-18(17)8-9-22-19/h3-5,8-10,13-14,22H,6-7,11-12H2,1-2H3. The van der Waals surface area contributed by atoms with E-state index in [1.807, 2.05) is 47.3 Å². The van der Waals surface area contributed by atoms with Gasteiger partial charge in [-0.15, -0.1) is 0 Å². The zero-order chi connectivity index (χ0) is 18.3. The predicted octanol–water partition coefficient (Wildman–Crippen LogP) is 3.03. The Morgan fingerprint density at radius 3 is 2.81 bits per heavy atom. The van der Waals surface area contributed by atoms with Gasteiger partial charge < -0.3 is 14.5 Å². The molecule has 0 bridgehead atoms. The summed E-state index contributed by atoms with van der Waals surface area (Å²) in [5.41, 5.74) is 3.58. The molecule has 0 saturated heterocycles. The minimum absolute atomic E-state index is 0.00246. The van der Waals surface area contributed by atoms with Gasteiger partial charge >= 0.3 is 0 Å². The van der Waals surface area contributed by atoms with Gasteiger partial charge in [0.2, 0.25) is 0 Å². The van der Waals surface area contributed by atoms with Crippen LogP contribution >= 0.6 is 0 Å². The van der Waals surface area contributed by atoms with E-state index < -0.39 is 0 Å². The normalized spacial score (nSPS) is 13.9. The molecule has 2 aromatic heterocycles. The van der Waals surface area contributed by atoms with Crippen molar-refractivity contribution >= 4 is 16.8 Å². The van der Waals surface area contributed by atoms with E-state index in [2.05, 4.69) is 4.98 Å². The number of carbonyl (C=O) groups excluding carboxylic acids is 1. The molecule has 0 atom stereocenters. The van der Waals surface area contributed by atoms with Crippen LogP contribution in [0.3, 0.4) is 0 Å². The summed E-state index contributed by atoms with van der Waals surface area (Å²) < 4.78 is 1.85. The molecule has 1 aliphatic rings. The van der Waals surface area contributed by atoms with Crippen molar-refractivity contribution < 1.29 is 4.79 Å². The van der Waals surface area contributed by atoms with E-state index in [1.165, 1.54) is 12.8 Å². The van der Waals surface area contributed by atoms with E-state index >= 15 is 0 Å². The van der Waals surface area contributed by atoms with E-state index in [9.17, 15) is 9.59 Å². The number of amides is 1. The van der Waals surface area contributed by atoms with E-state index in [0.717, 1.165) is 23.1 Å². The highest BCUT2D eigenvalue weighted by molar-refractivity contribution is 5.94. The van der Waals surface area contributed by atoms with Crippen LogP contribution in [0.1, 0.15) is 34.3 Å². The predicted molar refractivity (Wildman–Crippen MR) is 103 cm³/mol. The summed E-state index contributed by atoms with van der Waals surface area (Å²) in [5, 5.41) is 0.964. The summed E-state index contributed by atoms with van der Waals surface area (Å²) in [5.74, 6) is 0.631. The van der Waals surface area contributed by atoms with Gasteiger partial charge in [-0.05, 0) is 54.5 Å². The molecule has 0 unspecified atom stereocenters. The molecule has 3 aromatic rings. The average Bonchev–Trinajstić information content (AvgIpc) is 3.30. The molecule has 0 aliphatic heterocycles. The second-order valence-electron chi connectivity index (χ2n) is 7.40. The first-order valence-corrected chi connectivity index (χ1v) is 9.03. The molecule has 0 spiro atoms. The molecule has 1 aromatic carbocycles. The van der Waals surface area contributed by atoms with Crippen LogP contribution in [0.15, 0.2) is 47.5 Å². The minimum Gasteiger partial charge on any atom is -0.357 e. The van der Waals surface area contributed by atoms with Crippen molar-refractivity contribution in [3.63, 3.8) is 0 Å². The summed E-state index contributed by atoms with van der Waals surface area (Å²) in [6.45, 7) is 0.792. The molecular formula is C21H23N3O2. The number of hydrogen-bond donors (Lipinski definition) is 1. The number of aromatic amines is 1. The summed E-state index contributed by atoms with van der Waals surface area (Å²) >= 11 is 0. The molecule has 5 nitrogen and oxygen atoms in total. The Kier molecular flexibility index (Phi) is 4.15. The fourth-order valence-electron chi connectivity index (χ4n) is 3.42. The largest absolute Gasteiger partial charge is 0.357 e. The molecule has 2 heterocycles. The first kappa shape index (κ1) is 16.6. The quantitative estimate of drug-likeness (QED) is 0.770. The molecule has 4 rings (SSSR count). The zero-order valence-corrected chi connectivity index (χ0v) is 15.2. The second-order valence-corrected chi connectivity index (χ2v) is 7.40. The SMILES string of the molecule is CN(C)C(=O)c1cccc(Cc2cn(CC3CC3)c(=O)c3[nH]ccc23)c1. The lowest BCUT2D eigenvalue weighted by molar-refractivity contribution is 0.0827. The van der Waals surface area contributed by atoms with Crippen LogP contribution in [0.4, 0.5) is 0 Å². The van der Waals surface area contributed by atoms with Gasteiger partial charge in [-0.1, -0.05) is 12.1 Å². The van der Waals surface area contributed by atoms with Crippen molar-refractivity contribution in [1.82, 2.24) is 14.5 Å². The number of aromatic nitrogens is 2. The third kappa shape index (κ3) is 3.17. The monoisotopic (exact) mass is 349 g/mol. The lowest BCUT2D eigenvalue weighted by Crippen LogP contribution is -2.22. The van der Waals surface area contributed by atoms with Crippen molar-refractivity contribution in [2.75, 3.05) is 14.1 Å². The van der Waals surface area contributed by atoms with Crippen molar-refractivity contribution in [3.8, 4) is 0 Å². The molecule has 1 fully saturated rings. The van der Waals surface area contributed by atoms with Gasteiger partial charge in [0.25, 0.3) is 11.5 Å². The van der Waals surface area contributed by atoms with Gasteiger partial charge in [-0.3, -0.25) is 9.59 Å². The maximum absolute atomic E-state index is 12.7. The first-order valence-electron chi connectivity index (χ1n) is 9.03. The fourth-order valence-corrected chi connectivity index (χ4v) is 3.42. The van der Waals surface area contributed by atoms with Crippen molar-refractivity contribution in [1.29, 1.82) is 0 Å². The number of benzene rings is 1. The number of nitrogens with one attached hydrogen (secondary N) is 1. The topological polar surface area (TPSA) is 58.1 Å². The number of H-pyrrole nitrogens is 1. The molecule has 1 saturated carbocycles. The highest BCUT2D eigenvalue weighted by Gasteiger charge is 2.23. The lowest BCUT2D eigenvalue weighted by atomic mass is 10.0. The van der Waals surface area contributed by atoms with Crippen molar-refractivity contribution in [3.05, 3.63) is 69.8 Å². The molecule has 5 heteroatoms. The number of fused-ring (bicyclic) bond motifs is 1. The van der Waals surface area contributed by atoms with Crippen molar-refractivity contribution in [2.24, 2.45) is 5.92 Å². The van der Waals surface area contributed by atoms with Crippen LogP contribution in [0.2, 0.25) is 0 Å². The molecule has 0 radical (unpaired) electrons. The maximum atomic E-state index is 12.7. The average molecular weight is 349 g/mol. The number of nitrogens with zero attached hydrogens (tertiary/aromatic N) is 2. The van der Waals surface area contributed by atoms with Crippen LogP contribution < -0.4 is 5.56 Å². The van der Waals surface area contributed by atoms with Crippen LogP contribution in [-0.4, -0.2) is 34.5 Å². The van der Waals surface area contributed by atoms with Gasteiger partial charge in [0.15, 0.2) is 0 Å². The lowest BCUT2D eigenvalue weighted by Gasteiger charge is -2.13. The van der Waals surface area contributed by atoms with Crippen LogP contribution in [0.5, 0.6) is 0 Å². The van der Waals surface area contributed by atoms with Crippen molar-refractivity contribution in [2.45, 2.75) is 25.8 Å². The number of pyridine rings is 1. The number of carbonyl (C=O) groups is 1. The fraction of sp³-hybridized carbons (Fsp3) is 0.333. The Morgan fingerprint density at radius 1 is 1.27 bits per heavy atom. The summed E-state index contributed by atoms with van der Waals surface area (Å²) in [4.78, 5) is 29.6. The summed E-state index contributed by atoms with van der Waals surface area (Å²) in [6.07, 6.45) is 6.92. The Balaban J connectivity index is 1.72. The first-order chi connectivity index (χ1) is 12.5. The van der Waals surface area contributed by atoms with Gasteiger partial charge in [0, 0.05) is 44.0 Å². The van der Waals surface area contributed by atoms with E-state index in [0.29, 0.717) is 23.4 Å². The van der Waals surface area contributed by atoms with E-state index in [-0.39, 0.29) is 11.5 Å². The molecule has 1 N–H and O–H groups in total. The molecule has 1 aliphatic carbocycles. The molecular weight excluding hydrogens is 326 g/mol. The Morgan fingerprint density at radius 2 is 2.08 bits per heavy atom. The van der Waals surface area contributed by atoms with E-state index in [4.69, 9.17) is 0 Å². The van der Waals surface area contributed by atoms with E-state index in [1.54, 1.807) is 19.0 Å². The molecule has 134 valence electrons. The Labute approximate surface area is 152 Å². The third-order valence-electron chi connectivity index (χ3n) is 5.01. The van der Waals surface area contributed by atoms with Gasteiger partial charge in [0.05, 0.1) is 0 Å².